The van der Waals surface area contributed by atoms with Crippen LogP contribution in [0.3, 0.4) is 0 Å². The predicted molar refractivity (Wildman–Crippen MR) is 87.5 cm³/mol. The first-order chi connectivity index (χ1) is 10.7. The third-order valence-corrected chi connectivity index (χ3v) is 4.42. The molecule has 1 aromatic heterocycles. The maximum absolute atomic E-state index is 12.4. The molecule has 0 aliphatic heterocycles. The Morgan fingerprint density at radius 3 is 2.68 bits per heavy atom. The normalized spacial score (nSPS) is 21.2. The molecule has 0 spiro atoms. The predicted octanol–water partition coefficient (Wildman–Crippen LogP) is 3.62. The van der Waals surface area contributed by atoms with Crippen LogP contribution in [0.2, 0.25) is 0 Å². The third-order valence-electron chi connectivity index (χ3n) is 4.42. The monoisotopic (exact) mass is 294 g/mol. The Labute approximate surface area is 131 Å². The average Bonchev–Trinajstić information content (AvgIpc) is 3.36. The maximum Gasteiger partial charge on any atom is 0.224 e. The summed E-state index contributed by atoms with van der Waals surface area (Å²) in [6.07, 6.45) is 3.75. The van der Waals surface area contributed by atoms with Gasteiger partial charge in [-0.3, -0.25) is 9.78 Å². The van der Waals surface area contributed by atoms with E-state index in [1.165, 1.54) is 5.56 Å². The van der Waals surface area contributed by atoms with E-state index in [1.54, 1.807) is 0 Å². The molecule has 1 N–H and O–H groups in total. The molecule has 1 aliphatic rings. The van der Waals surface area contributed by atoms with E-state index in [2.05, 4.69) is 35.4 Å². The molecule has 1 saturated carbocycles. The molecule has 1 fully saturated rings. The quantitative estimate of drug-likeness (QED) is 0.915. The number of aromatic nitrogens is 1. The molecular formula is C19H22N2O. The Morgan fingerprint density at radius 2 is 2.05 bits per heavy atom. The van der Waals surface area contributed by atoms with Crippen molar-refractivity contribution in [1.29, 1.82) is 0 Å². The van der Waals surface area contributed by atoms with E-state index in [4.69, 9.17) is 0 Å². The number of carbonyl (C=O) groups is 1. The van der Waals surface area contributed by atoms with Crippen molar-refractivity contribution in [3.8, 4) is 0 Å². The Kier molecular flexibility index (Phi) is 4.23. The third kappa shape index (κ3) is 3.19. The van der Waals surface area contributed by atoms with Gasteiger partial charge in [0, 0.05) is 17.8 Å². The molecule has 3 heteroatoms. The van der Waals surface area contributed by atoms with Crippen molar-refractivity contribution in [2.24, 2.45) is 5.92 Å². The zero-order valence-electron chi connectivity index (χ0n) is 13.1. The Morgan fingerprint density at radius 1 is 1.27 bits per heavy atom. The second-order valence-electron chi connectivity index (χ2n) is 6.03. The molecule has 0 bridgehead atoms. The van der Waals surface area contributed by atoms with Gasteiger partial charge in [0.2, 0.25) is 5.91 Å². The van der Waals surface area contributed by atoms with Crippen LogP contribution in [0.25, 0.3) is 0 Å². The molecule has 1 amide bonds. The molecule has 0 radical (unpaired) electrons. The summed E-state index contributed by atoms with van der Waals surface area (Å²) in [4.78, 5) is 16.8. The number of aryl methyl sites for hydroxylation is 1. The first-order valence-electron chi connectivity index (χ1n) is 7.99. The Balaban J connectivity index is 1.58. The van der Waals surface area contributed by atoms with Crippen molar-refractivity contribution in [2.45, 2.75) is 38.6 Å². The lowest BCUT2D eigenvalue weighted by Crippen LogP contribution is -2.28. The maximum atomic E-state index is 12.4. The van der Waals surface area contributed by atoms with Gasteiger partial charge in [-0.15, -0.1) is 0 Å². The van der Waals surface area contributed by atoms with Gasteiger partial charge in [-0.05, 0) is 42.9 Å². The summed E-state index contributed by atoms with van der Waals surface area (Å²) in [6.45, 7) is 4.10. The minimum Gasteiger partial charge on any atom is -0.349 e. The fraction of sp³-hybridized carbons (Fsp3) is 0.368. The molecule has 114 valence electrons. The summed E-state index contributed by atoms with van der Waals surface area (Å²) < 4.78 is 0. The zero-order valence-corrected chi connectivity index (χ0v) is 13.1. The molecule has 0 saturated heterocycles. The standard InChI is InChI=1S/C19H22N2O/c1-3-16-10-9-15(12-20-16)13(2)21-19(22)18-11-17(18)14-7-5-4-6-8-14/h4-10,12-13,17-18H,3,11H2,1-2H3,(H,21,22)/t13-,17+,18-/m0/s1. The molecule has 0 unspecified atom stereocenters. The highest BCUT2D eigenvalue weighted by Gasteiger charge is 2.44. The molecular weight excluding hydrogens is 272 g/mol. The number of carbonyl (C=O) groups excluding carboxylic acids is 1. The molecule has 22 heavy (non-hydrogen) atoms. The number of hydrogen-bond acceptors (Lipinski definition) is 2. The van der Waals surface area contributed by atoms with E-state index in [9.17, 15) is 4.79 Å². The highest BCUT2D eigenvalue weighted by atomic mass is 16.2. The van der Waals surface area contributed by atoms with E-state index in [-0.39, 0.29) is 17.9 Å². The summed E-state index contributed by atoms with van der Waals surface area (Å²) in [5.74, 6) is 0.655. The summed E-state index contributed by atoms with van der Waals surface area (Å²) >= 11 is 0. The van der Waals surface area contributed by atoms with Gasteiger partial charge in [0.1, 0.15) is 0 Å². The fourth-order valence-electron chi connectivity index (χ4n) is 2.86. The second-order valence-corrected chi connectivity index (χ2v) is 6.03. The van der Waals surface area contributed by atoms with E-state index in [0.29, 0.717) is 5.92 Å². The Hall–Kier alpha value is -2.16. The van der Waals surface area contributed by atoms with Crippen molar-refractivity contribution in [3.63, 3.8) is 0 Å². The second kappa shape index (κ2) is 6.30. The van der Waals surface area contributed by atoms with Gasteiger partial charge in [0.25, 0.3) is 0 Å². The lowest BCUT2D eigenvalue weighted by molar-refractivity contribution is -0.123. The number of rotatable bonds is 5. The van der Waals surface area contributed by atoms with Crippen molar-refractivity contribution in [3.05, 3.63) is 65.5 Å². The summed E-state index contributed by atoms with van der Waals surface area (Å²) in [5.41, 5.74) is 3.40. The van der Waals surface area contributed by atoms with E-state index in [1.807, 2.05) is 37.4 Å². The highest BCUT2D eigenvalue weighted by Crippen LogP contribution is 2.47. The summed E-state index contributed by atoms with van der Waals surface area (Å²) in [5, 5.41) is 3.12. The number of nitrogens with zero attached hydrogens (tertiary/aromatic N) is 1. The van der Waals surface area contributed by atoms with E-state index >= 15 is 0 Å². The van der Waals surface area contributed by atoms with Crippen LogP contribution in [-0.4, -0.2) is 10.9 Å². The van der Waals surface area contributed by atoms with Crippen LogP contribution in [0, 0.1) is 5.92 Å². The van der Waals surface area contributed by atoms with Crippen molar-refractivity contribution in [1.82, 2.24) is 10.3 Å². The van der Waals surface area contributed by atoms with Crippen LogP contribution in [0.15, 0.2) is 48.7 Å². The molecule has 3 atom stereocenters. The van der Waals surface area contributed by atoms with Crippen molar-refractivity contribution in [2.75, 3.05) is 0 Å². The van der Waals surface area contributed by atoms with Crippen molar-refractivity contribution < 1.29 is 4.79 Å². The smallest absolute Gasteiger partial charge is 0.224 e. The van der Waals surface area contributed by atoms with Gasteiger partial charge in [0.05, 0.1) is 6.04 Å². The summed E-state index contributed by atoms with van der Waals surface area (Å²) in [7, 11) is 0. The molecule has 1 aliphatic carbocycles. The molecule has 1 aromatic carbocycles. The van der Waals surface area contributed by atoms with Gasteiger partial charge < -0.3 is 5.32 Å². The molecule has 3 nitrogen and oxygen atoms in total. The van der Waals surface area contributed by atoms with Crippen LogP contribution in [0.1, 0.15) is 49.0 Å². The van der Waals surface area contributed by atoms with E-state index < -0.39 is 0 Å². The highest BCUT2D eigenvalue weighted by molar-refractivity contribution is 5.83. The number of pyridine rings is 1. The molecule has 2 aromatic rings. The lowest BCUT2D eigenvalue weighted by Gasteiger charge is -2.14. The molecule has 3 rings (SSSR count). The lowest BCUT2D eigenvalue weighted by atomic mass is 10.1. The minimum absolute atomic E-state index is 0.00271. The number of nitrogens with one attached hydrogen (secondary N) is 1. The van der Waals surface area contributed by atoms with Crippen molar-refractivity contribution >= 4 is 5.91 Å². The number of amides is 1. The number of benzene rings is 1. The summed E-state index contributed by atoms with van der Waals surface area (Å²) in [6, 6.07) is 14.4. The van der Waals surface area contributed by atoms with Crippen LogP contribution >= 0.6 is 0 Å². The first-order valence-corrected chi connectivity index (χ1v) is 7.99. The van der Waals surface area contributed by atoms with Gasteiger partial charge in [-0.1, -0.05) is 43.3 Å². The SMILES string of the molecule is CCc1ccc([C@H](C)NC(=O)[C@H]2C[C@@H]2c2ccccc2)cn1. The van der Waals surface area contributed by atoms with Crippen LogP contribution in [0.4, 0.5) is 0 Å². The number of hydrogen-bond donors (Lipinski definition) is 1. The van der Waals surface area contributed by atoms with Gasteiger partial charge in [0.15, 0.2) is 0 Å². The van der Waals surface area contributed by atoms with Gasteiger partial charge in [-0.25, -0.2) is 0 Å². The fourth-order valence-corrected chi connectivity index (χ4v) is 2.86. The van der Waals surface area contributed by atoms with E-state index in [0.717, 1.165) is 24.1 Å². The first kappa shape index (κ1) is 14.8. The molecule has 1 heterocycles. The average molecular weight is 294 g/mol. The Bertz CT molecular complexity index is 636. The topological polar surface area (TPSA) is 42.0 Å². The minimum atomic E-state index is 0.00271. The zero-order chi connectivity index (χ0) is 15.5. The van der Waals surface area contributed by atoms with Crippen LogP contribution in [0.5, 0.6) is 0 Å². The van der Waals surface area contributed by atoms with Gasteiger partial charge >= 0.3 is 0 Å². The largest absolute Gasteiger partial charge is 0.349 e. The van der Waals surface area contributed by atoms with Crippen LogP contribution < -0.4 is 5.32 Å². The van der Waals surface area contributed by atoms with Gasteiger partial charge in [-0.2, -0.15) is 0 Å². The van der Waals surface area contributed by atoms with Crippen LogP contribution in [-0.2, 0) is 11.2 Å².